The van der Waals surface area contributed by atoms with Gasteiger partial charge in [-0.2, -0.15) is 5.10 Å². The van der Waals surface area contributed by atoms with Crippen molar-refractivity contribution in [2.75, 3.05) is 18.8 Å². The fraction of sp³-hybridized carbons (Fsp3) is 0.500. The van der Waals surface area contributed by atoms with E-state index < -0.39 is 11.5 Å². The molecule has 1 spiro atoms. The molecular formula is C30H37N5O3. The van der Waals surface area contributed by atoms with Gasteiger partial charge in [-0.25, -0.2) is 4.68 Å². The van der Waals surface area contributed by atoms with Crippen molar-refractivity contribution in [2.24, 2.45) is 11.1 Å². The summed E-state index contributed by atoms with van der Waals surface area (Å²) < 4.78 is 8.31. The number of anilines is 1. The number of primary amides is 1. The first kappa shape index (κ1) is 26.1. The maximum Gasteiger partial charge on any atom is 0.298 e. The van der Waals surface area contributed by atoms with Crippen molar-refractivity contribution in [3.8, 4) is 11.8 Å². The summed E-state index contributed by atoms with van der Waals surface area (Å²) in [6.07, 6.45) is 19.5. The molecule has 1 aromatic heterocycles. The van der Waals surface area contributed by atoms with Crippen molar-refractivity contribution in [1.29, 1.82) is 0 Å². The summed E-state index contributed by atoms with van der Waals surface area (Å²) in [6.45, 7) is 7.27. The Morgan fingerprint density at radius 2 is 1.82 bits per heavy atom. The maximum atomic E-state index is 12.5. The van der Waals surface area contributed by atoms with Crippen LogP contribution in [0.5, 0.6) is 0 Å². The lowest BCUT2D eigenvalue weighted by Gasteiger charge is -2.52. The van der Waals surface area contributed by atoms with Crippen LogP contribution in [-0.4, -0.2) is 50.8 Å². The van der Waals surface area contributed by atoms with Gasteiger partial charge in [0.25, 0.3) is 11.8 Å². The molecule has 2 heterocycles. The molecule has 8 heteroatoms. The number of aromatic nitrogens is 2. The number of amides is 2. The van der Waals surface area contributed by atoms with Crippen LogP contribution in [0.4, 0.5) is 5.82 Å². The van der Waals surface area contributed by atoms with Gasteiger partial charge in [0.2, 0.25) is 0 Å². The van der Waals surface area contributed by atoms with Crippen LogP contribution in [0, 0.1) is 17.3 Å². The van der Waals surface area contributed by atoms with Crippen molar-refractivity contribution in [3.63, 3.8) is 0 Å². The minimum absolute atomic E-state index is 0.0956. The standard InChI is InChI=1S/C30H37N5O3/c1-4-8-23(36)34-17-15-30(16-18-34)19-22(20-30)35-26(31)24(27(32)37)25(33-35)21-9-13-29(3,14-10-21)38-28(2)11-6-5-7-12-28/h5-7,9-11,13,22H,12,14-20,31H2,1-3H3,(H2,32,37). The Labute approximate surface area is 224 Å². The number of carbonyl (C=O) groups excluding carboxylic acids is 2. The van der Waals surface area contributed by atoms with Crippen LogP contribution in [0.15, 0.2) is 42.5 Å². The van der Waals surface area contributed by atoms with Gasteiger partial charge in [0.1, 0.15) is 17.1 Å². The van der Waals surface area contributed by atoms with Crippen LogP contribution in [0.25, 0.3) is 5.57 Å². The normalized spacial score (nSPS) is 28.0. The molecule has 0 bridgehead atoms. The maximum absolute atomic E-state index is 12.5. The van der Waals surface area contributed by atoms with E-state index in [4.69, 9.17) is 21.3 Å². The minimum Gasteiger partial charge on any atom is -0.383 e. The molecule has 2 unspecified atom stereocenters. The molecule has 8 nitrogen and oxygen atoms in total. The second-order valence-electron chi connectivity index (χ2n) is 11.6. The summed E-state index contributed by atoms with van der Waals surface area (Å²) in [5.74, 6) is 4.98. The molecule has 2 fully saturated rings. The highest BCUT2D eigenvalue weighted by molar-refractivity contribution is 6.02. The SMILES string of the molecule is CC#CC(=O)N1CCC2(CC1)CC(n1nc(C3=CCC(C)(OC4(C)C=CC=CC4)C=C3)c(C(N)=O)c1N)C2. The predicted molar refractivity (Wildman–Crippen MR) is 148 cm³/mol. The zero-order valence-corrected chi connectivity index (χ0v) is 22.5. The second-order valence-corrected chi connectivity index (χ2v) is 11.6. The van der Waals surface area contributed by atoms with Crippen molar-refractivity contribution in [2.45, 2.75) is 76.5 Å². The third-order valence-electron chi connectivity index (χ3n) is 8.52. The summed E-state index contributed by atoms with van der Waals surface area (Å²) >= 11 is 0. The molecular weight excluding hydrogens is 478 g/mol. The second kappa shape index (κ2) is 9.63. The number of carbonyl (C=O) groups is 2. The van der Waals surface area contributed by atoms with Crippen LogP contribution in [0.1, 0.15) is 81.4 Å². The lowest BCUT2D eigenvalue weighted by Crippen LogP contribution is -2.49. The molecule has 0 aromatic carbocycles. The number of nitrogens with zero attached hydrogens (tertiary/aromatic N) is 3. The fourth-order valence-corrected chi connectivity index (χ4v) is 6.34. The molecule has 5 rings (SSSR count). The average molecular weight is 516 g/mol. The number of rotatable bonds is 5. The molecule has 2 atom stereocenters. The van der Waals surface area contributed by atoms with E-state index >= 15 is 0 Å². The lowest BCUT2D eigenvalue weighted by molar-refractivity contribution is -0.129. The van der Waals surface area contributed by atoms with Crippen molar-refractivity contribution >= 4 is 23.2 Å². The Kier molecular flexibility index (Phi) is 6.60. The molecule has 1 saturated carbocycles. The van der Waals surface area contributed by atoms with Gasteiger partial charge >= 0.3 is 0 Å². The van der Waals surface area contributed by atoms with Crippen molar-refractivity contribution < 1.29 is 14.3 Å². The van der Waals surface area contributed by atoms with Crippen LogP contribution in [0.3, 0.4) is 0 Å². The van der Waals surface area contributed by atoms with Gasteiger partial charge in [0.05, 0.1) is 17.2 Å². The molecule has 4 N–H and O–H groups in total. The van der Waals surface area contributed by atoms with E-state index in [-0.39, 0.29) is 28.5 Å². The first-order valence-electron chi connectivity index (χ1n) is 13.4. The lowest BCUT2D eigenvalue weighted by atomic mass is 9.60. The van der Waals surface area contributed by atoms with E-state index in [9.17, 15) is 9.59 Å². The molecule has 3 aliphatic carbocycles. The van der Waals surface area contributed by atoms with E-state index in [1.807, 2.05) is 29.2 Å². The van der Waals surface area contributed by atoms with Gasteiger partial charge in [-0.05, 0) is 76.2 Å². The number of allylic oxidation sites excluding steroid dienone is 4. The number of nitrogen functional groups attached to an aromatic ring is 1. The highest BCUT2D eigenvalue weighted by Gasteiger charge is 2.48. The number of hydrogen-bond acceptors (Lipinski definition) is 5. The molecule has 200 valence electrons. The highest BCUT2D eigenvalue weighted by atomic mass is 16.5. The first-order chi connectivity index (χ1) is 18.1. The topological polar surface area (TPSA) is 116 Å². The molecule has 1 aromatic rings. The summed E-state index contributed by atoms with van der Waals surface area (Å²) in [5.41, 5.74) is 13.2. The number of likely N-dealkylation sites (tertiary alicyclic amines) is 1. The summed E-state index contributed by atoms with van der Waals surface area (Å²) in [5, 5.41) is 4.83. The van der Waals surface area contributed by atoms with Gasteiger partial charge in [0.15, 0.2) is 0 Å². The number of piperidine rings is 1. The average Bonchev–Trinajstić information content (AvgIpc) is 3.20. The van der Waals surface area contributed by atoms with Crippen molar-refractivity contribution in [1.82, 2.24) is 14.7 Å². The zero-order valence-electron chi connectivity index (χ0n) is 22.5. The third kappa shape index (κ3) is 4.83. The van der Waals surface area contributed by atoms with E-state index in [0.29, 0.717) is 17.9 Å². The number of nitrogens with two attached hydrogens (primary N) is 2. The fourth-order valence-electron chi connectivity index (χ4n) is 6.34. The van der Waals surface area contributed by atoms with Crippen LogP contribution >= 0.6 is 0 Å². The van der Waals surface area contributed by atoms with Crippen LogP contribution < -0.4 is 11.5 Å². The summed E-state index contributed by atoms with van der Waals surface area (Å²) in [6, 6.07) is 0.104. The third-order valence-corrected chi connectivity index (χ3v) is 8.52. The van der Waals surface area contributed by atoms with Crippen LogP contribution in [-0.2, 0) is 9.53 Å². The minimum atomic E-state index is -0.577. The molecule has 4 aliphatic rings. The van der Waals surface area contributed by atoms with Crippen LogP contribution in [0.2, 0.25) is 0 Å². The van der Waals surface area contributed by atoms with Crippen molar-refractivity contribution in [3.05, 3.63) is 53.8 Å². The quantitative estimate of drug-likeness (QED) is 0.577. The largest absolute Gasteiger partial charge is 0.383 e. The Balaban J connectivity index is 1.29. The smallest absolute Gasteiger partial charge is 0.298 e. The van der Waals surface area contributed by atoms with E-state index in [1.165, 1.54) is 0 Å². The Hall–Kier alpha value is -3.57. The molecule has 1 saturated heterocycles. The predicted octanol–water partition coefficient (Wildman–Crippen LogP) is 3.92. The highest BCUT2D eigenvalue weighted by Crippen LogP contribution is 2.55. The summed E-state index contributed by atoms with van der Waals surface area (Å²) in [7, 11) is 0. The zero-order chi connectivity index (χ0) is 27.1. The van der Waals surface area contributed by atoms with Gasteiger partial charge in [-0.3, -0.25) is 9.59 Å². The Morgan fingerprint density at radius 1 is 1.11 bits per heavy atom. The Morgan fingerprint density at radius 3 is 2.39 bits per heavy atom. The van der Waals surface area contributed by atoms with E-state index in [2.05, 4.69) is 43.9 Å². The van der Waals surface area contributed by atoms with Gasteiger partial charge in [-0.15, -0.1) is 0 Å². The molecule has 38 heavy (non-hydrogen) atoms. The van der Waals surface area contributed by atoms with Gasteiger partial charge in [-0.1, -0.05) is 48.5 Å². The van der Waals surface area contributed by atoms with E-state index in [0.717, 1.165) is 50.8 Å². The number of hydrogen-bond donors (Lipinski definition) is 2. The van der Waals surface area contributed by atoms with E-state index in [1.54, 1.807) is 11.6 Å². The first-order valence-corrected chi connectivity index (χ1v) is 13.4. The summed E-state index contributed by atoms with van der Waals surface area (Å²) in [4.78, 5) is 26.4. The van der Waals surface area contributed by atoms with Gasteiger partial charge in [0, 0.05) is 13.1 Å². The number of ether oxygens (including phenoxy) is 1. The molecule has 0 radical (unpaired) electrons. The Bertz CT molecular complexity index is 1320. The van der Waals surface area contributed by atoms with Gasteiger partial charge < -0.3 is 21.1 Å². The molecule has 1 aliphatic heterocycles. The molecule has 2 amide bonds. The monoisotopic (exact) mass is 515 g/mol.